The van der Waals surface area contributed by atoms with Crippen molar-refractivity contribution in [3.05, 3.63) is 33.3 Å². The molecule has 1 saturated heterocycles. The van der Waals surface area contributed by atoms with E-state index in [0.29, 0.717) is 10.5 Å². The lowest BCUT2D eigenvalue weighted by Crippen LogP contribution is -2.41. The second-order valence-corrected chi connectivity index (χ2v) is 6.02. The van der Waals surface area contributed by atoms with Gasteiger partial charge in [-0.3, -0.25) is 10.1 Å². The van der Waals surface area contributed by atoms with E-state index >= 15 is 0 Å². The van der Waals surface area contributed by atoms with Crippen molar-refractivity contribution in [3.8, 4) is 0 Å². The van der Waals surface area contributed by atoms with E-state index in [2.05, 4.69) is 0 Å². The molecule has 0 spiro atoms. The molecule has 0 atom stereocenters. The number of hydrogen-bond donors (Lipinski definition) is 0. The Balaban J connectivity index is 2.37. The predicted octanol–water partition coefficient (Wildman–Crippen LogP) is 2.55. The van der Waals surface area contributed by atoms with Gasteiger partial charge >= 0.3 is 7.12 Å². The number of nitro benzene ring substituents is 1. The maximum atomic E-state index is 10.8. The van der Waals surface area contributed by atoms with Gasteiger partial charge < -0.3 is 9.31 Å². The highest BCUT2D eigenvalue weighted by Crippen LogP contribution is 2.36. The average Bonchev–Trinajstić information content (AvgIpc) is 2.47. The average molecular weight is 284 g/mol. The lowest BCUT2D eigenvalue weighted by molar-refractivity contribution is -0.384. The number of nitrogens with zero attached hydrogens (tertiary/aromatic N) is 1. The normalized spacial score (nSPS) is 20.6. The molecular formula is C12H15BClNO4. The van der Waals surface area contributed by atoms with Gasteiger partial charge in [-0.05, 0) is 39.2 Å². The van der Waals surface area contributed by atoms with Crippen LogP contribution >= 0.6 is 11.6 Å². The Bertz CT molecular complexity index is 516. The first kappa shape index (κ1) is 14.3. The SMILES string of the molecule is CC1(C)OB(c2cc(Cl)cc([N+](=O)[O-])c2)OC1(C)C. The molecule has 19 heavy (non-hydrogen) atoms. The minimum absolute atomic E-state index is 0.0720. The Morgan fingerprint density at radius 2 is 1.68 bits per heavy atom. The van der Waals surface area contributed by atoms with Gasteiger partial charge in [-0.15, -0.1) is 0 Å². The highest BCUT2D eigenvalue weighted by atomic mass is 35.5. The van der Waals surface area contributed by atoms with Crippen molar-refractivity contribution in [2.75, 3.05) is 0 Å². The summed E-state index contributed by atoms with van der Waals surface area (Å²) in [5.41, 5.74) is -0.501. The minimum atomic E-state index is -0.651. The van der Waals surface area contributed by atoms with Crippen LogP contribution in [0.5, 0.6) is 0 Å². The van der Waals surface area contributed by atoms with E-state index in [9.17, 15) is 10.1 Å². The van der Waals surface area contributed by atoms with Gasteiger partial charge in [-0.25, -0.2) is 0 Å². The molecule has 1 aromatic rings. The van der Waals surface area contributed by atoms with Crippen LogP contribution in [0.3, 0.4) is 0 Å². The summed E-state index contributed by atoms with van der Waals surface area (Å²) in [6.07, 6.45) is 0. The molecule has 0 amide bonds. The molecule has 2 rings (SSSR count). The first-order chi connectivity index (χ1) is 8.62. The third-order valence-electron chi connectivity index (χ3n) is 3.64. The molecule has 0 N–H and O–H groups in total. The summed E-state index contributed by atoms with van der Waals surface area (Å²) in [6, 6.07) is 4.35. The van der Waals surface area contributed by atoms with Crippen LogP contribution < -0.4 is 5.46 Å². The summed E-state index contributed by atoms with van der Waals surface area (Å²) in [7, 11) is -0.651. The van der Waals surface area contributed by atoms with Crippen LogP contribution in [-0.4, -0.2) is 23.2 Å². The van der Waals surface area contributed by atoms with Gasteiger partial charge in [-0.1, -0.05) is 11.6 Å². The summed E-state index contributed by atoms with van der Waals surface area (Å²) >= 11 is 5.90. The lowest BCUT2D eigenvalue weighted by Gasteiger charge is -2.32. The summed E-state index contributed by atoms with van der Waals surface area (Å²) in [5, 5.41) is 11.1. The molecule has 0 unspecified atom stereocenters. The molecule has 7 heteroatoms. The van der Waals surface area contributed by atoms with Crippen molar-refractivity contribution in [2.24, 2.45) is 0 Å². The summed E-state index contributed by atoms with van der Waals surface area (Å²) < 4.78 is 11.7. The number of rotatable bonds is 2. The van der Waals surface area contributed by atoms with Gasteiger partial charge in [0.2, 0.25) is 0 Å². The van der Waals surface area contributed by atoms with Crippen LogP contribution in [0.1, 0.15) is 27.7 Å². The van der Waals surface area contributed by atoms with Crippen molar-refractivity contribution in [3.63, 3.8) is 0 Å². The van der Waals surface area contributed by atoms with E-state index in [1.54, 1.807) is 6.07 Å². The zero-order valence-corrected chi connectivity index (χ0v) is 12.0. The van der Waals surface area contributed by atoms with Crippen LogP contribution in [0.25, 0.3) is 0 Å². The van der Waals surface area contributed by atoms with Crippen molar-refractivity contribution < 1.29 is 14.2 Å². The van der Waals surface area contributed by atoms with Crippen LogP contribution in [0.15, 0.2) is 18.2 Å². The smallest absolute Gasteiger partial charge is 0.399 e. The van der Waals surface area contributed by atoms with Crippen LogP contribution in [0, 0.1) is 10.1 Å². The van der Waals surface area contributed by atoms with E-state index in [4.69, 9.17) is 20.9 Å². The van der Waals surface area contributed by atoms with E-state index in [0.717, 1.165) is 0 Å². The maximum absolute atomic E-state index is 10.8. The van der Waals surface area contributed by atoms with Crippen molar-refractivity contribution in [2.45, 2.75) is 38.9 Å². The Kier molecular flexibility index (Phi) is 3.37. The van der Waals surface area contributed by atoms with Gasteiger partial charge in [0, 0.05) is 17.2 Å². The van der Waals surface area contributed by atoms with Gasteiger partial charge in [0.05, 0.1) is 16.1 Å². The van der Waals surface area contributed by atoms with Crippen molar-refractivity contribution >= 4 is 29.9 Å². The highest BCUT2D eigenvalue weighted by molar-refractivity contribution is 6.62. The van der Waals surface area contributed by atoms with Crippen molar-refractivity contribution in [1.29, 1.82) is 0 Å². The van der Waals surface area contributed by atoms with Crippen molar-refractivity contribution in [1.82, 2.24) is 0 Å². The molecule has 1 fully saturated rings. The second-order valence-electron chi connectivity index (χ2n) is 5.59. The van der Waals surface area contributed by atoms with Gasteiger partial charge in [0.15, 0.2) is 0 Å². The Morgan fingerprint density at radius 1 is 1.16 bits per heavy atom. The number of benzene rings is 1. The monoisotopic (exact) mass is 283 g/mol. The molecular weight excluding hydrogens is 268 g/mol. The van der Waals surface area contributed by atoms with E-state index in [-0.39, 0.29) is 5.69 Å². The minimum Gasteiger partial charge on any atom is -0.399 e. The summed E-state index contributed by atoms with van der Waals surface area (Å²) in [6.45, 7) is 7.69. The van der Waals surface area contributed by atoms with E-state index in [1.165, 1.54) is 12.1 Å². The summed E-state index contributed by atoms with van der Waals surface area (Å²) in [4.78, 5) is 10.4. The maximum Gasteiger partial charge on any atom is 0.495 e. The molecule has 0 aromatic heterocycles. The molecule has 102 valence electrons. The Morgan fingerprint density at radius 3 is 2.16 bits per heavy atom. The molecule has 0 bridgehead atoms. The highest BCUT2D eigenvalue weighted by Gasteiger charge is 2.51. The fourth-order valence-corrected chi connectivity index (χ4v) is 2.05. The zero-order valence-electron chi connectivity index (χ0n) is 11.3. The molecule has 1 aliphatic heterocycles. The Labute approximate surface area is 117 Å². The van der Waals surface area contributed by atoms with E-state index in [1.807, 2.05) is 27.7 Å². The predicted molar refractivity (Wildman–Crippen MR) is 73.8 cm³/mol. The molecule has 0 aliphatic carbocycles. The first-order valence-corrected chi connectivity index (χ1v) is 6.31. The topological polar surface area (TPSA) is 61.6 Å². The first-order valence-electron chi connectivity index (χ1n) is 5.93. The van der Waals surface area contributed by atoms with Crippen LogP contribution in [0.4, 0.5) is 5.69 Å². The zero-order chi connectivity index (χ0) is 14.4. The summed E-state index contributed by atoms with van der Waals surface area (Å²) in [5.74, 6) is 0. The lowest BCUT2D eigenvalue weighted by atomic mass is 9.79. The largest absolute Gasteiger partial charge is 0.495 e. The van der Waals surface area contributed by atoms with Gasteiger partial charge in [-0.2, -0.15) is 0 Å². The molecule has 1 heterocycles. The quantitative estimate of drug-likeness (QED) is 0.475. The second kappa shape index (κ2) is 4.47. The van der Waals surface area contributed by atoms with Crippen LogP contribution in [-0.2, 0) is 9.31 Å². The third-order valence-corrected chi connectivity index (χ3v) is 3.86. The molecule has 5 nitrogen and oxygen atoms in total. The van der Waals surface area contributed by atoms with Gasteiger partial charge in [0.25, 0.3) is 5.69 Å². The number of hydrogen-bond acceptors (Lipinski definition) is 4. The third kappa shape index (κ3) is 2.61. The molecule has 0 radical (unpaired) electrons. The number of nitro groups is 1. The Hall–Kier alpha value is -1.11. The standard InChI is InChI=1S/C12H15BClNO4/c1-11(2)12(3,4)19-13(18-11)8-5-9(14)7-10(6-8)15(16)17/h5-7H,1-4H3. The van der Waals surface area contributed by atoms with Crippen LogP contribution in [0.2, 0.25) is 5.02 Å². The molecule has 1 aromatic carbocycles. The molecule has 1 aliphatic rings. The van der Waals surface area contributed by atoms with Gasteiger partial charge in [0.1, 0.15) is 0 Å². The fraction of sp³-hybridized carbons (Fsp3) is 0.500. The molecule has 0 saturated carbocycles. The number of halogens is 1. The number of non-ortho nitro benzene ring substituents is 1. The van der Waals surface area contributed by atoms with E-state index < -0.39 is 23.2 Å². The fourth-order valence-electron chi connectivity index (χ4n) is 1.82.